The van der Waals surface area contributed by atoms with Crippen LogP contribution in [0.25, 0.3) is 33.0 Å². The SMILES string of the molecule is C1=CC2N=C3c4ccc(-c5cccc(N(c6ccccc6)c6cccc7ccccc67)c5)cc4-c4ccccc4N3C2C=C1. The number of fused-ring (bicyclic) bond motifs is 9. The minimum atomic E-state index is 0.142. The largest absolute Gasteiger partial charge is 0.316 e. The minimum Gasteiger partial charge on any atom is -0.316 e. The Morgan fingerprint density at radius 2 is 1.30 bits per heavy atom. The molecule has 0 radical (unpaired) electrons. The van der Waals surface area contributed by atoms with Crippen LogP contribution in [0.5, 0.6) is 0 Å². The second-order valence-corrected chi connectivity index (χ2v) is 11.6. The van der Waals surface area contributed by atoms with E-state index < -0.39 is 0 Å². The van der Waals surface area contributed by atoms with E-state index in [1.165, 1.54) is 44.3 Å². The second-order valence-electron chi connectivity index (χ2n) is 11.6. The van der Waals surface area contributed by atoms with E-state index in [-0.39, 0.29) is 12.1 Å². The number of aliphatic imine (C=N–C) groups is 1. The second kappa shape index (κ2) is 9.96. The van der Waals surface area contributed by atoms with Crippen molar-refractivity contribution in [2.45, 2.75) is 12.1 Å². The Hall–Kier alpha value is -5.67. The highest BCUT2D eigenvalue weighted by Crippen LogP contribution is 2.46. The van der Waals surface area contributed by atoms with Crippen LogP contribution in [0.1, 0.15) is 5.56 Å². The van der Waals surface area contributed by atoms with Crippen LogP contribution in [0.3, 0.4) is 0 Å². The van der Waals surface area contributed by atoms with Gasteiger partial charge in [-0.3, -0.25) is 4.99 Å². The summed E-state index contributed by atoms with van der Waals surface area (Å²) in [5, 5.41) is 2.45. The summed E-state index contributed by atoms with van der Waals surface area (Å²) in [5.74, 6) is 1.07. The Labute approximate surface area is 257 Å². The van der Waals surface area contributed by atoms with Gasteiger partial charge in [0.25, 0.3) is 0 Å². The van der Waals surface area contributed by atoms with E-state index in [2.05, 4.69) is 174 Å². The zero-order chi connectivity index (χ0) is 29.0. The summed E-state index contributed by atoms with van der Waals surface area (Å²) in [4.78, 5) is 9.99. The highest BCUT2D eigenvalue weighted by Gasteiger charge is 2.40. The summed E-state index contributed by atoms with van der Waals surface area (Å²) in [5.41, 5.74) is 10.7. The van der Waals surface area contributed by atoms with Gasteiger partial charge in [-0.2, -0.15) is 0 Å². The lowest BCUT2D eigenvalue weighted by Gasteiger charge is -2.35. The summed E-state index contributed by atoms with van der Waals surface area (Å²) in [6, 6.07) is 50.7. The first kappa shape index (κ1) is 24.9. The van der Waals surface area contributed by atoms with E-state index in [0.717, 1.165) is 22.9 Å². The van der Waals surface area contributed by atoms with Crippen molar-refractivity contribution >= 4 is 39.4 Å². The molecule has 6 aromatic rings. The van der Waals surface area contributed by atoms with Gasteiger partial charge in [0.05, 0.1) is 23.5 Å². The average molecular weight is 564 g/mol. The van der Waals surface area contributed by atoms with Gasteiger partial charge >= 0.3 is 0 Å². The fourth-order valence-corrected chi connectivity index (χ4v) is 7.05. The van der Waals surface area contributed by atoms with Gasteiger partial charge in [0.1, 0.15) is 5.84 Å². The van der Waals surface area contributed by atoms with Crippen molar-refractivity contribution in [1.29, 1.82) is 0 Å². The van der Waals surface area contributed by atoms with Gasteiger partial charge in [0.2, 0.25) is 0 Å². The number of allylic oxidation sites excluding steroid dienone is 2. The van der Waals surface area contributed by atoms with E-state index in [0.29, 0.717) is 0 Å². The number of hydrogen-bond acceptors (Lipinski definition) is 3. The normalized spacial score (nSPS) is 17.5. The first-order valence-electron chi connectivity index (χ1n) is 15.2. The zero-order valence-electron chi connectivity index (χ0n) is 24.1. The van der Waals surface area contributed by atoms with E-state index in [1.54, 1.807) is 0 Å². The lowest BCUT2D eigenvalue weighted by Crippen LogP contribution is -2.41. The number of rotatable bonds is 4. The van der Waals surface area contributed by atoms with Crippen molar-refractivity contribution in [3.05, 3.63) is 169 Å². The molecule has 0 spiro atoms. The minimum absolute atomic E-state index is 0.142. The van der Waals surface area contributed by atoms with Gasteiger partial charge < -0.3 is 9.80 Å². The monoisotopic (exact) mass is 563 g/mol. The molecule has 0 amide bonds. The Kier molecular flexibility index (Phi) is 5.63. The number of anilines is 4. The first-order chi connectivity index (χ1) is 21.8. The van der Waals surface area contributed by atoms with Crippen molar-refractivity contribution in [3.63, 3.8) is 0 Å². The van der Waals surface area contributed by atoms with Crippen LogP contribution in [-0.4, -0.2) is 17.9 Å². The number of benzene rings is 6. The van der Waals surface area contributed by atoms with Crippen LogP contribution in [0.2, 0.25) is 0 Å². The molecule has 44 heavy (non-hydrogen) atoms. The van der Waals surface area contributed by atoms with Crippen molar-refractivity contribution in [1.82, 2.24) is 0 Å². The lowest BCUT2D eigenvalue weighted by atomic mass is 9.88. The molecular weight excluding hydrogens is 534 g/mol. The third-order valence-corrected chi connectivity index (χ3v) is 9.05. The van der Waals surface area contributed by atoms with E-state index >= 15 is 0 Å². The smallest absolute Gasteiger partial charge is 0.137 e. The molecule has 0 fully saturated rings. The molecule has 1 aliphatic carbocycles. The summed E-state index contributed by atoms with van der Waals surface area (Å²) in [7, 11) is 0. The number of para-hydroxylation sites is 2. The molecular formula is C41H29N3. The van der Waals surface area contributed by atoms with Crippen molar-refractivity contribution in [2.24, 2.45) is 4.99 Å². The summed E-state index contributed by atoms with van der Waals surface area (Å²) < 4.78 is 0. The van der Waals surface area contributed by atoms with Crippen LogP contribution < -0.4 is 9.80 Å². The van der Waals surface area contributed by atoms with E-state index in [1.807, 2.05) is 0 Å². The van der Waals surface area contributed by atoms with Crippen LogP contribution in [0.15, 0.2) is 169 Å². The van der Waals surface area contributed by atoms with E-state index in [4.69, 9.17) is 4.99 Å². The summed E-state index contributed by atoms with van der Waals surface area (Å²) >= 11 is 0. The fraction of sp³-hybridized carbons (Fsp3) is 0.0488. The molecule has 2 aliphatic heterocycles. The van der Waals surface area contributed by atoms with Crippen molar-refractivity contribution < 1.29 is 0 Å². The predicted molar refractivity (Wildman–Crippen MR) is 184 cm³/mol. The predicted octanol–water partition coefficient (Wildman–Crippen LogP) is 10.1. The van der Waals surface area contributed by atoms with Crippen LogP contribution in [-0.2, 0) is 0 Å². The van der Waals surface area contributed by atoms with Crippen LogP contribution in [0, 0.1) is 0 Å². The molecule has 3 nitrogen and oxygen atoms in total. The highest BCUT2D eigenvalue weighted by molar-refractivity contribution is 6.21. The van der Waals surface area contributed by atoms with Gasteiger partial charge in [-0.15, -0.1) is 0 Å². The summed E-state index contributed by atoms with van der Waals surface area (Å²) in [6.45, 7) is 0. The molecule has 6 aromatic carbocycles. The maximum absolute atomic E-state index is 5.20. The van der Waals surface area contributed by atoms with Crippen molar-refractivity contribution in [2.75, 3.05) is 9.80 Å². The molecule has 208 valence electrons. The molecule has 2 unspecified atom stereocenters. The van der Waals surface area contributed by atoms with Gasteiger partial charge in [-0.25, -0.2) is 0 Å². The highest BCUT2D eigenvalue weighted by atomic mass is 15.3. The molecule has 9 rings (SSSR count). The van der Waals surface area contributed by atoms with E-state index in [9.17, 15) is 0 Å². The van der Waals surface area contributed by atoms with Crippen molar-refractivity contribution in [3.8, 4) is 22.3 Å². The molecule has 0 aromatic heterocycles. The topological polar surface area (TPSA) is 18.8 Å². The molecule has 0 bridgehead atoms. The third kappa shape index (κ3) is 3.86. The molecule has 3 aliphatic rings. The van der Waals surface area contributed by atoms with Gasteiger partial charge in [0.15, 0.2) is 0 Å². The fourth-order valence-electron chi connectivity index (χ4n) is 7.05. The average Bonchev–Trinajstić information content (AvgIpc) is 3.49. The zero-order valence-corrected chi connectivity index (χ0v) is 24.1. The first-order valence-corrected chi connectivity index (χ1v) is 15.2. The van der Waals surface area contributed by atoms with Gasteiger partial charge in [-0.1, -0.05) is 121 Å². The molecule has 0 N–H and O–H groups in total. The Morgan fingerprint density at radius 1 is 0.545 bits per heavy atom. The third-order valence-electron chi connectivity index (χ3n) is 9.05. The van der Waals surface area contributed by atoms with Crippen LogP contribution >= 0.6 is 0 Å². The maximum Gasteiger partial charge on any atom is 0.137 e. The molecule has 0 saturated heterocycles. The summed E-state index contributed by atoms with van der Waals surface area (Å²) in [6.07, 6.45) is 8.75. The number of amidine groups is 1. The maximum atomic E-state index is 5.20. The molecule has 2 heterocycles. The molecule has 2 atom stereocenters. The Bertz CT molecular complexity index is 2150. The van der Waals surface area contributed by atoms with Gasteiger partial charge in [-0.05, 0) is 64.5 Å². The lowest BCUT2D eigenvalue weighted by molar-refractivity contribution is 0.739. The quantitative estimate of drug-likeness (QED) is 0.213. The number of nitrogens with zero attached hydrogens (tertiary/aromatic N) is 3. The Balaban J connectivity index is 1.18. The Morgan fingerprint density at radius 3 is 2.25 bits per heavy atom. The number of hydrogen-bond donors (Lipinski definition) is 0. The van der Waals surface area contributed by atoms with Crippen LogP contribution in [0.4, 0.5) is 22.7 Å². The molecule has 3 heteroatoms. The van der Waals surface area contributed by atoms with Gasteiger partial charge in [0, 0.05) is 27.9 Å². The standard InChI is InChI=1S/C41H29N3/c1-2-15-31(16-3-1)43(38-23-11-13-28-12-4-5-18-33(28)38)32-17-10-14-29(26-32)30-24-25-35-36(27-30)34-19-6-8-21-39(34)44-40-22-9-7-20-37(40)42-41(35)44/h1-27,37,40H. The molecule has 0 saturated carbocycles.